The number of nitrogens with zero attached hydrogens (tertiary/aromatic N) is 1. The van der Waals surface area contributed by atoms with Gasteiger partial charge in [0.15, 0.2) is 0 Å². The molecule has 0 aliphatic heterocycles. The molecule has 0 amide bonds. The Morgan fingerprint density at radius 2 is 1.64 bits per heavy atom. The summed E-state index contributed by atoms with van der Waals surface area (Å²) in [5.74, 6) is -0.499. The van der Waals surface area contributed by atoms with Gasteiger partial charge in [0.2, 0.25) is 10.0 Å². The molecule has 0 N–H and O–H groups in total. The summed E-state index contributed by atoms with van der Waals surface area (Å²) in [6.07, 6.45) is 0. The second kappa shape index (κ2) is 6.72. The summed E-state index contributed by atoms with van der Waals surface area (Å²) in [5.41, 5.74) is 1.21. The maximum atomic E-state index is 12.5. The van der Waals surface area contributed by atoms with Gasteiger partial charge in [-0.05, 0) is 29.8 Å². The molecule has 0 saturated carbocycles. The lowest BCUT2D eigenvalue weighted by Gasteiger charge is -2.17. The summed E-state index contributed by atoms with van der Waals surface area (Å²) in [4.78, 5) is 11.5. The van der Waals surface area contributed by atoms with Crippen LogP contribution < -0.4 is 0 Å². The van der Waals surface area contributed by atoms with E-state index in [0.29, 0.717) is 5.56 Å². The first kappa shape index (κ1) is 16.2. The van der Waals surface area contributed by atoms with Crippen molar-refractivity contribution in [3.8, 4) is 0 Å². The molecule has 0 saturated heterocycles. The number of methoxy groups -OCH3 is 1. The quantitative estimate of drug-likeness (QED) is 0.793. The van der Waals surface area contributed by atoms with Gasteiger partial charge in [0, 0.05) is 13.6 Å². The number of carbonyl (C=O) groups is 1. The van der Waals surface area contributed by atoms with Gasteiger partial charge >= 0.3 is 5.97 Å². The lowest BCUT2D eigenvalue weighted by Crippen LogP contribution is -2.26. The third kappa shape index (κ3) is 3.52. The highest BCUT2D eigenvalue weighted by Crippen LogP contribution is 2.17. The van der Waals surface area contributed by atoms with E-state index in [1.807, 2.05) is 30.3 Å². The van der Waals surface area contributed by atoms with Crippen molar-refractivity contribution < 1.29 is 17.9 Å². The molecule has 0 atom stereocenters. The maximum Gasteiger partial charge on any atom is 0.337 e. The van der Waals surface area contributed by atoms with Crippen molar-refractivity contribution in [2.45, 2.75) is 11.4 Å². The summed E-state index contributed by atoms with van der Waals surface area (Å²) in [5, 5.41) is 0. The molecule has 6 heteroatoms. The SMILES string of the molecule is COC(=O)c1ccc(S(=O)(=O)N(C)Cc2ccccc2)cc1. The van der Waals surface area contributed by atoms with Crippen molar-refractivity contribution in [3.63, 3.8) is 0 Å². The van der Waals surface area contributed by atoms with E-state index in [9.17, 15) is 13.2 Å². The molecule has 116 valence electrons. The molecule has 0 aliphatic carbocycles. The van der Waals surface area contributed by atoms with Crippen molar-refractivity contribution in [1.29, 1.82) is 0 Å². The zero-order chi connectivity index (χ0) is 16.2. The van der Waals surface area contributed by atoms with Gasteiger partial charge in [-0.3, -0.25) is 0 Å². The monoisotopic (exact) mass is 319 g/mol. The van der Waals surface area contributed by atoms with E-state index < -0.39 is 16.0 Å². The Morgan fingerprint density at radius 3 is 2.18 bits per heavy atom. The topological polar surface area (TPSA) is 63.7 Å². The number of carbonyl (C=O) groups excluding carboxylic acids is 1. The van der Waals surface area contributed by atoms with Crippen molar-refractivity contribution in [1.82, 2.24) is 4.31 Å². The lowest BCUT2D eigenvalue weighted by molar-refractivity contribution is 0.0600. The Morgan fingerprint density at radius 1 is 1.05 bits per heavy atom. The third-order valence-corrected chi connectivity index (χ3v) is 5.05. The number of ether oxygens (including phenoxy) is 1. The lowest BCUT2D eigenvalue weighted by atomic mass is 10.2. The zero-order valence-electron chi connectivity index (χ0n) is 12.4. The molecule has 0 spiro atoms. The van der Waals surface area contributed by atoms with Crippen LogP contribution in [0.4, 0.5) is 0 Å². The average molecular weight is 319 g/mol. The van der Waals surface area contributed by atoms with Crippen LogP contribution in [0.25, 0.3) is 0 Å². The van der Waals surface area contributed by atoms with Gasteiger partial charge in [-0.1, -0.05) is 30.3 Å². The molecule has 0 unspecified atom stereocenters. The van der Waals surface area contributed by atoms with Crippen LogP contribution in [0, 0.1) is 0 Å². The third-order valence-electron chi connectivity index (χ3n) is 3.23. The zero-order valence-corrected chi connectivity index (χ0v) is 13.2. The number of esters is 1. The predicted octanol–water partition coefficient (Wildman–Crippen LogP) is 2.29. The van der Waals surface area contributed by atoms with Crippen LogP contribution in [0.1, 0.15) is 15.9 Å². The number of rotatable bonds is 5. The van der Waals surface area contributed by atoms with Crippen LogP contribution in [0.2, 0.25) is 0 Å². The Balaban J connectivity index is 2.20. The van der Waals surface area contributed by atoms with Gasteiger partial charge in [0.1, 0.15) is 0 Å². The van der Waals surface area contributed by atoms with Gasteiger partial charge in [0.05, 0.1) is 17.6 Å². The Hall–Kier alpha value is -2.18. The molecule has 0 bridgehead atoms. The normalized spacial score (nSPS) is 11.4. The van der Waals surface area contributed by atoms with Crippen molar-refractivity contribution in [3.05, 3.63) is 65.7 Å². The molecule has 0 heterocycles. The summed E-state index contributed by atoms with van der Waals surface area (Å²) in [6.45, 7) is 0.280. The fourth-order valence-corrected chi connectivity index (χ4v) is 3.15. The van der Waals surface area contributed by atoms with Gasteiger partial charge in [-0.15, -0.1) is 0 Å². The van der Waals surface area contributed by atoms with E-state index >= 15 is 0 Å². The van der Waals surface area contributed by atoms with Gasteiger partial charge in [-0.2, -0.15) is 4.31 Å². The van der Waals surface area contributed by atoms with Crippen LogP contribution in [0.3, 0.4) is 0 Å². The van der Waals surface area contributed by atoms with E-state index in [0.717, 1.165) is 5.56 Å². The highest BCUT2D eigenvalue weighted by Gasteiger charge is 2.21. The molecular formula is C16H17NO4S. The van der Waals surface area contributed by atoms with Crippen LogP contribution in [0.5, 0.6) is 0 Å². The molecule has 22 heavy (non-hydrogen) atoms. The van der Waals surface area contributed by atoms with E-state index in [1.165, 1.54) is 42.7 Å². The second-order valence-corrected chi connectivity index (χ2v) is 6.81. The van der Waals surface area contributed by atoms with Gasteiger partial charge in [0.25, 0.3) is 0 Å². The average Bonchev–Trinajstić information content (AvgIpc) is 2.55. The predicted molar refractivity (Wildman–Crippen MR) is 82.9 cm³/mol. The first-order chi connectivity index (χ1) is 10.4. The highest BCUT2D eigenvalue weighted by atomic mass is 32.2. The minimum atomic E-state index is -3.61. The molecule has 0 radical (unpaired) electrons. The smallest absolute Gasteiger partial charge is 0.337 e. The first-order valence-corrected chi connectivity index (χ1v) is 8.08. The fourth-order valence-electron chi connectivity index (χ4n) is 1.99. The molecule has 0 fully saturated rings. The van der Waals surface area contributed by atoms with E-state index in [-0.39, 0.29) is 11.4 Å². The molecule has 2 rings (SSSR count). The first-order valence-electron chi connectivity index (χ1n) is 6.64. The van der Waals surface area contributed by atoms with Crippen molar-refractivity contribution in [2.24, 2.45) is 0 Å². The fraction of sp³-hybridized carbons (Fsp3) is 0.188. The van der Waals surface area contributed by atoms with E-state index in [2.05, 4.69) is 4.74 Å². The number of sulfonamides is 1. The number of hydrogen-bond donors (Lipinski definition) is 0. The number of benzene rings is 2. The minimum Gasteiger partial charge on any atom is -0.465 e. The molecule has 0 aromatic heterocycles. The molecule has 2 aromatic carbocycles. The largest absolute Gasteiger partial charge is 0.465 e. The Bertz CT molecular complexity index is 739. The molecule has 0 aliphatic rings. The van der Waals surface area contributed by atoms with E-state index in [4.69, 9.17) is 0 Å². The highest BCUT2D eigenvalue weighted by molar-refractivity contribution is 7.89. The van der Waals surface area contributed by atoms with Crippen LogP contribution in [-0.4, -0.2) is 32.8 Å². The Kier molecular flexibility index (Phi) is 4.95. The molecule has 5 nitrogen and oxygen atoms in total. The van der Waals surface area contributed by atoms with E-state index in [1.54, 1.807) is 0 Å². The van der Waals surface area contributed by atoms with Crippen molar-refractivity contribution >= 4 is 16.0 Å². The van der Waals surface area contributed by atoms with Gasteiger partial charge < -0.3 is 4.74 Å². The summed E-state index contributed by atoms with van der Waals surface area (Å²) in [6, 6.07) is 15.0. The molecule has 2 aromatic rings. The number of hydrogen-bond acceptors (Lipinski definition) is 4. The van der Waals surface area contributed by atoms with Crippen LogP contribution in [0.15, 0.2) is 59.5 Å². The standard InChI is InChI=1S/C16H17NO4S/c1-17(12-13-6-4-3-5-7-13)22(19,20)15-10-8-14(9-11-15)16(18)21-2/h3-11H,12H2,1-2H3. The van der Waals surface area contributed by atoms with Crippen molar-refractivity contribution in [2.75, 3.05) is 14.2 Å². The molecular weight excluding hydrogens is 302 g/mol. The summed E-state index contributed by atoms with van der Waals surface area (Å²) >= 11 is 0. The summed E-state index contributed by atoms with van der Waals surface area (Å²) < 4.78 is 30.9. The minimum absolute atomic E-state index is 0.138. The maximum absolute atomic E-state index is 12.5. The van der Waals surface area contributed by atoms with Crippen LogP contribution >= 0.6 is 0 Å². The van der Waals surface area contributed by atoms with Gasteiger partial charge in [-0.25, -0.2) is 13.2 Å². The Labute approximate surface area is 130 Å². The summed E-state index contributed by atoms with van der Waals surface area (Å²) in [7, 11) is -0.802. The second-order valence-electron chi connectivity index (χ2n) is 4.76. The van der Waals surface area contributed by atoms with Crippen LogP contribution in [-0.2, 0) is 21.3 Å².